The van der Waals surface area contributed by atoms with Gasteiger partial charge in [-0.3, -0.25) is 4.98 Å². The molecule has 1 rings (SSSR count). The molecule has 0 fully saturated rings. The van der Waals surface area contributed by atoms with Crippen molar-refractivity contribution >= 4 is 0 Å². The van der Waals surface area contributed by atoms with Gasteiger partial charge in [-0.2, -0.15) is 0 Å². The number of hydrogen-bond acceptors (Lipinski definition) is 4. The highest BCUT2D eigenvalue weighted by atomic mass is 16.5. The second-order valence-corrected chi connectivity index (χ2v) is 4.38. The minimum atomic E-state index is -0.103. The molecule has 0 saturated heterocycles. The third-order valence-corrected chi connectivity index (χ3v) is 2.83. The van der Waals surface area contributed by atoms with Gasteiger partial charge in [0, 0.05) is 25.0 Å². The Hall–Kier alpha value is -0.970. The van der Waals surface area contributed by atoms with Crippen LogP contribution in [0.1, 0.15) is 38.9 Å². The lowest BCUT2D eigenvalue weighted by Crippen LogP contribution is -2.33. The summed E-state index contributed by atoms with van der Waals surface area (Å²) in [7, 11) is 0. The number of hydrogen-bond donors (Lipinski definition) is 1. The molecule has 1 aromatic rings. The fourth-order valence-corrected chi connectivity index (χ4v) is 1.77. The molecule has 0 aliphatic rings. The first kappa shape index (κ1) is 15.1. The van der Waals surface area contributed by atoms with Gasteiger partial charge < -0.3 is 15.2 Å². The summed E-state index contributed by atoms with van der Waals surface area (Å²) in [4.78, 5) is 4.02. The average molecular weight is 252 g/mol. The summed E-state index contributed by atoms with van der Waals surface area (Å²) >= 11 is 0. The molecule has 0 spiro atoms. The van der Waals surface area contributed by atoms with Crippen molar-refractivity contribution < 1.29 is 9.47 Å². The van der Waals surface area contributed by atoms with E-state index >= 15 is 0 Å². The largest absolute Gasteiger partial charge is 0.379 e. The Morgan fingerprint density at radius 3 is 2.50 bits per heavy atom. The molecule has 0 aromatic carbocycles. The second kappa shape index (κ2) is 8.19. The number of aromatic nitrogens is 1. The average Bonchev–Trinajstić information content (AvgIpc) is 2.42. The summed E-state index contributed by atoms with van der Waals surface area (Å²) in [6, 6.07) is 3.89. The van der Waals surface area contributed by atoms with E-state index in [1.807, 2.05) is 26.0 Å². The molecular weight excluding hydrogens is 228 g/mol. The van der Waals surface area contributed by atoms with Gasteiger partial charge in [0.1, 0.15) is 0 Å². The normalized spacial score (nSPS) is 16.2. The summed E-state index contributed by atoms with van der Waals surface area (Å²) in [6.45, 7) is 7.34. The van der Waals surface area contributed by atoms with E-state index < -0.39 is 0 Å². The fourth-order valence-electron chi connectivity index (χ4n) is 1.77. The lowest BCUT2D eigenvalue weighted by Gasteiger charge is -2.27. The molecule has 2 N–H and O–H groups in total. The molecule has 3 atom stereocenters. The predicted molar refractivity (Wildman–Crippen MR) is 72.3 cm³/mol. The van der Waals surface area contributed by atoms with Crippen molar-refractivity contribution in [2.75, 3.05) is 13.2 Å². The van der Waals surface area contributed by atoms with Gasteiger partial charge in [0.05, 0.1) is 18.8 Å². The first-order valence-electron chi connectivity index (χ1n) is 6.57. The summed E-state index contributed by atoms with van der Waals surface area (Å²) in [5, 5.41) is 0. The highest BCUT2D eigenvalue weighted by Gasteiger charge is 2.21. The standard InChI is InChI=1S/C14H24N2O2/c1-4-13(15)14(12-6-8-16-9-7-12)18-11(3)10-17-5-2/h6-9,11,13-14H,4-5,10,15H2,1-3H3. The van der Waals surface area contributed by atoms with Crippen molar-refractivity contribution in [3.05, 3.63) is 30.1 Å². The predicted octanol–water partition coefficient (Wildman–Crippen LogP) is 2.30. The van der Waals surface area contributed by atoms with Gasteiger partial charge in [-0.15, -0.1) is 0 Å². The SMILES string of the molecule is CCOCC(C)OC(c1ccncc1)C(N)CC. The first-order valence-corrected chi connectivity index (χ1v) is 6.57. The topological polar surface area (TPSA) is 57.4 Å². The molecule has 0 amide bonds. The Morgan fingerprint density at radius 1 is 1.28 bits per heavy atom. The molecule has 1 heterocycles. The van der Waals surface area contributed by atoms with Crippen molar-refractivity contribution in [3.8, 4) is 0 Å². The number of nitrogens with zero attached hydrogens (tertiary/aromatic N) is 1. The van der Waals surface area contributed by atoms with Gasteiger partial charge in [-0.1, -0.05) is 6.92 Å². The number of rotatable bonds is 8. The Labute approximate surface area is 110 Å². The zero-order chi connectivity index (χ0) is 13.4. The first-order chi connectivity index (χ1) is 8.69. The summed E-state index contributed by atoms with van der Waals surface area (Å²) < 4.78 is 11.4. The molecule has 4 heteroatoms. The maximum atomic E-state index is 6.14. The Kier molecular flexibility index (Phi) is 6.86. The van der Waals surface area contributed by atoms with Gasteiger partial charge >= 0.3 is 0 Å². The monoisotopic (exact) mass is 252 g/mol. The van der Waals surface area contributed by atoms with Gasteiger partial charge in [0.15, 0.2) is 0 Å². The molecule has 0 radical (unpaired) electrons. The molecule has 0 saturated carbocycles. The lowest BCUT2D eigenvalue weighted by atomic mass is 10.0. The van der Waals surface area contributed by atoms with E-state index in [4.69, 9.17) is 15.2 Å². The maximum Gasteiger partial charge on any atom is 0.0981 e. The molecule has 0 aliphatic carbocycles. The lowest BCUT2D eigenvalue weighted by molar-refractivity contribution is -0.0574. The summed E-state index contributed by atoms with van der Waals surface area (Å²) in [6.07, 6.45) is 4.32. The Morgan fingerprint density at radius 2 is 1.94 bits per heavy atom. The summed E-state index contributed by atoms with van der Waals surface area (Å²) in [5.41, 5.74) is 7.21. The molecule has 0 bridgehead atoms. The van der Waals surface area contributed by atoms with Crippen molar-refractivity contribution in [2.24, 2.45) is 5.73 Å². The molecule has 4 nitrogen and oxygen atoms in total. The van der Waals surface area contributed by atoms with E-state index in [0.717, 1.165) is 12.0 Å². The second-order valence-electron chi connectivity index (χ2n) is 4.38. The number of pyridine rings is 1. The van der Waals surface area contributed by atoms with Crippen LogP contribution in [0.2, 0.25) is 0 Å². The highest BCUT2D eigenvalue weighted by molar-refractivity contribution is 5.15. The van der Waals surface area contributed by atoms with Crippen LogP contribution in [0.5, 0.6) is 0 Å². The molecule has 3 unspecified atom stereocenters. The molecule has 102 valence electrons. The highest BCUT2D eigenvalue weighted by Crippen LogP contribution is 2.23. The van der Waals surface area contributed by atoms with Crippen LogP contribution in [0.3, 0.4) is 0 Å². The number of nitrogens with two attached hydrogens (primary N) is 1. The van der Waals surface area contributed by atoms with Crippen LogP contribution in [0.25, 0.3) is 0 Å². The maximum absolute atomic E-state index is 6.14. The van der Waals surface area contributed by atoms with E-state index in [0.29, 0.717) is 13.2 Å². The Balaban J connectivity index is 2.68. The minimum absolute atomic E-state index is 0.0172. The molecule has 1 aromatic heterocycles. The fraction of sp³-hybridized carbons (Fsp3) is 0.643. The van der Waals surface area contributed by atoms with Crippen LogP contribution in [0, 0.1) is 0 Å². The Bertz CT molecular complexity index is 319. The van der Waals surface area contributed by atoms with Crippen LogP contribution in [-0.4, -0.2) is 30.3 Å². The third-order valence-electron chi connectivity index (χ3n) is 2.83. The van der Waals surface area contributed by atoms with E-state index in [1.54, 1.807) is 12.4 Å². The zero-order valence-electron chi connectivity index (χ0n) is 11.5. The van der Waals surface area contributed by atoms with Crippen LogP contribution < -0.4 is 5.73 Å². The zero-order valence-corrected chi connectivity index (χ0v) is 11.5. The van der Waals surface area contributed by atoms with E-state index in [1.165, 1.54) is 0 Å². The third kappa shape index (κ3) is 4.72. The van der Waals surface area contributed by atoms with E-state index in [-0.39, 0.29) is 18.2 Å². The van der Waals surface area contributed by atoms with Crippen molar-refractivity contribution in [3.63, 3.8) is 0 Å². The van der Waals surface area contributed by atoms with Gasteiger partial charge in [0.2, 0.25) is 0 Å². The van der Waals surface area contributed by atoms with Gasteiger partial charge in [-0.05, 0) is 38.0 Å². The van der Waals surface area contributed by atoms with Crippen LogP contribution in [0.4, 0.5) is 0 Å². The molecule has 18 heavy (non-hydrogen) atoms. The van der Waals surface area contributed by atoms with Gasteiger partial charge in [0.25, 0.3) is 0 Å². The van der Waals surface area contributed by atoms with Gasteiger partial charge in [-0.25, -0.2) is 0 Å². The minimum Gasteiger partial charge on any atom is -0.379 e. The number of ether oxygens (including phenoxy) is 2. The molecular formula is C14H24N2O2. The van der Waals surface area contributed by atoms with Crippen LogP contribution in [0.15, 0.2) is 24.5 Å². The van der Waals surface area contributed by atoms with Crippen LogP contribution >= 0.6 is 0 Å². The van der Waals surface area contributed by atoms with Crippen molar-refractivity contribution in [2.45, 2.75) is 45.4 Å². The van der Waals surface area contributed by atoms with E-state index in [2.05, 4.69) is 11.9 Å². The van der Waals surface area contributed by atoms with Crippen molar-refractivity contribution in [1.82, 2.24) is 4.98 Å². The molecule has 0 aliphatic heterocycles. The summed E-state index contributed by atoms with van der Waals surface area (Å²) in [5.74, 6) is 0. The van der Waals surface area contributed by atoms with Crippen molar-refractivity contribution in [1.29, 1.82) is 0 Å². The quantitative estimate of drug-likeness (QED) is 0.771. The van der Waals surface area contributed by atoms with Crippen LogP contribution in [-0.2, 0) is 9.47 Å². The smallest absolute Gasteiger partial charge is 0.0981 e. The van der Waals surface area contributed by atoms with E-state index in [9.17, 15) is 0 Å².